The number of benzene rings is 2. The van der Waals surface area contributed by atoms with E-state index in [1.807, 2.05) is 12.1 Å². The number of rotatable bonds is 5. The number of para-hydroxylation sites is 1. The average Bonchev–Trinajstić information content (AvgIpc) is 3.03. The van der Waals surface area contributed by atoms with Gasteiger partial charge in [0.05, 0.1) is 12.7 Å². The molecule has 0 saturated heterocycles. The summed E-state index contributed by atoms with van der Waals surface area (Å²) in [5.41, 5.74) is 2.07. The molecule has 1 heterocycles. The van der Waals surface area contributed by atoms with Crippen LogP contribution in [0, 0.1) is 6.92 Å². The predicted octanol–water partition coefficient (Wildman–Crippen LogP) is 3.32. The van der Waals surface area contributed by atoms with Gasteiger partial charge in [-0.15, -0.1) is 0 Å². The predicted molar refractivity (Wildman–Crippen MR) is 97.6 cm³/mol. The smallest absolute Gasteiger partial charge is 0.375 e. The summed E-state index contributed by atoms with van der Waals surface area (Å²) in [4.78, 5) is 35.5. The van der Waals surface area contributed by atoms with Crippen LogP contribution in [0.1, 0.15) is 26.5 Å². The number of furan rings is 1. The number of amides is 1. The zero-order valence-corrected chi connectivity index (χ0v) is 14.8. The molecule has 0 unspecified atom stereocenters. The van der Waals surface area contributed by atoms with Crippen molar-refractivity contribution in [2.45, 2.75) is 6.92 Å². The van der Waals surface area contributed by atoms with E-state index in [1.165, 1.54) is 19.2 Å². The first-order valence-corrected chi connectivity index (χ1v) is 8.13. The lowest BCUT2D eigenvalue weighted by Gasteiger charge is -2.07. The van der Waals surface area contributed by atoms with Crippen molar-refractivity contribution in [3.8, 4) is 0 Å². The first-order valence-electron chi connectivity index (χ1n) is 8.13. The standard InChI is InChI=1S/C20H17NO6/c1-12-15-5-3-4-6-16(15)27-18(12)20(24)26-11-17(22)21-14-9-7-13(8-10-14)19(23)25-2/h3-10H,11H2,1-2H3,(H,21,22). The van der Waals surface area contributed by atoms with Crippen LogP contribution in [0.3, 0.4) is 0 Å². The van der Waals surface area contributed by atoms with Crippen LogP contribution in [0.4, 0.5) is 5.69 Å². The Morgan fingerprint density at radius 2 is 1.70 bits per heavy atom. The van der Waals surface area contributed by atoms with Crippen LogP contribution < -0.4 is 5.32 Å². The lowest BCUT2D eigenvalue weighted by Crippen LogP contribution is -2.21. The van der Waals surface area contributed by atoms with Gasteiger partial charge >= 0.3 is 11.9 Å². The maximum Gasteiger partial charge on any atom is 0.375 e. The Morgan fingerprint density at radius 1 is 1.00 bits per heavy atom. The van der Waals surface area contributed by atoms with Crippen molar-refractivity contribution < 1.29 is 28.3 Å². The number of nitrogens with one attached hydrogen (secondary N) is 1. The number of carbonyl (C=O) groups is 3. The van der Waals surface area contributed by atoms with Crippen molar-refractivity contribution in [2.24, 2.45) is 0 Å². The Kier molecular flexibility index (Phi) is 5.21. The third-order valence-electron chi connectivity index (χ3n) is 3.95. The quantitative estimate of drug-likeness (QED) is 0.695. The molecule has 0 aliphatic carbocycles. The third-order valence-corrected chi connectivity index (χ3v) is 3.95. The monoisotopic (exact) mass is 367 g/mol. The Labute approximate surface area is 154 Å². The van der Waals surface area contributed by atoms with E-state index >= 15 is 0 Å². The molecular formula is C20H17NO6. The van der Waals surface area contributed by atoms with Gasteiger partial charge in [0, 0.05) is 16.6 Å². The van der Waals surface area contributed by atoms with Crippen molar-refractivity contribution in [2.75, 3.05) is 19.0 Å². The number of hydrogen-bond acceptors (Lipinski definition) is 6. The summed E-state index contributed by atoms with van der Waals surface area (Å²) in [5, 5.41) is 3.39. The summed E-state index contributed by atoms with van der Waals surface area (Å²) in [6.45, 7) is 1.29. The number of esters is 2. The highest BCUT2D eigenvalue weighted by Gasteiger charge is 2.19. The molecule has 0 bridgehead atoms. The summed E-state index contributed by atoms with van der Waals surface area (Å²) in [5.74, 6) is -1.61. The zero-order valence-electron chi connectivity index (χ0n) is 14.8. The molecule has 0 radical (unpaired) electrons. The fourth-order valence-corrected chi connectivity index (χ4v) is 2.57. The Hall–Kier alpha value is -3.61. The van der Waals surface area contributed by atoms with Gasteiger partial charge in [0.1, 0.15) is 5.58 Å². The van der Waals surface area contributed by atoms with E-state index in [1.54, 1.807) is 31.2 Å². The van der Waals surface area contributed by atoms with Gasteiger partial charge in [0.25, 0.3) is 5.91 Å². The fraction of sp³-hybridized carbons (Fsp3) is 0.150. The van der Waals surface area contributed by atoms with Crippen LogP contribution in [0.15, 0.2) is 52.9 Å². The van der Waals surface area contributed by atoms with Gasteiger partial charge in [-0.1, -0.05) is 18.2 Å². The van der Waals surface area contributed by atoms with Gasteiger partial charge in [-0.05, 0) is 37.3 Å². The van der Waals surface area contributed by atoms with E-state index < -0.39 is 24.5 Å². The normalized spacial score (nSPS) is 10.4. The lowest BCUT2D eigenvalue weighted by molar-refractivity contribution is -0.119. The second kappa shape index (κ2) is 7.74. The number of methoxy groups -OCH3 is 1. The van der Waals surface area contributed by atoms with Gasteiger partial charge < -0.3 is 19.2 Å². The minimum absolute atomic E-state index is 0.0754. The second-order valence-electron chi connectivity index (χ2n) is 5.75. The van der Waals surface area contributed by atoms with E-state index in [4.69, 9.17) is 9.15 Å². The van der Waals surface area contributed by atoms with Crippen LogP contribution in [-0.4, -0.2) is 31.6 Å². The molecular weight excluding hydrogens is 350 g/mol. The van der Waals surface area contributed by atoms with Gasteiger partial charge in [-0.3, -0.25) is 4.79 Å². The number of carbonyl (C=O) groups excluding carboxylic acids is 3. The number of fused-ring (bicyclic) bond motifs is 1. The minimum Gasteiger partial charge on any atom is -0.465 e. The second-order valence-corrected chi connectivity index (χ2v) is 5.75. The summed E-state index contributed by atoms with van der Waals surface area (Å²) in [6.07, 6.45) is 0. The number of anilines is 1. The van der Waals surface area contributed by atoms with Crippen molar-refractivity contribution >= 4 is 34.5 Å². The van der Waals surface area contributed by atoms with Crippen molar-refractivity contribution in [3.63, 3.8) is 0 Å². The van der Waals surface area contributed by atoms with Crippen LogP contribution in [0.25, 0.3) is 11.0 Å². The average molecular weight is 367 g/mol. The largest absolute Gasteiger partial charge is 0.465 e. The molecule has 3 aromatic rings. The highest BCUT2D eigenvalue weighted by atomic mass is 16.5. The fourth-order valence-electron chi connectivity index (χ4n) is 2.57. The Morgan fingerprint density at radius 3 is 2.37 bits per heavy atom. The molecule has 0 aliphatic rings. The number of ether oxygens (including phenoxy) is 2. The molecule has 0 fully saturated rings. The summed E-state index contributed by atoms with van der Waals surface area (Å²) in [7, 11) is 1.29. The molecule has 2 aromatic carbocycles. The SMILES string of the molecule is COC(=O)c1ccc(NC(=O)COC(=O)c2oc3ccccc3c2C)cc1. The zero-order chi connectivity index (χ0) is 19.4. The van der Waals surface area contributed by atoms with Gasteiger partial charge in [0.2, 0.25) is 5.76 Å². The summed E-state index contributed by atoms with van der Waals surface area (Å²) in [6, 6.07) is 13.4. The maximum absolute atomic E-state index is 12.2. The van der Waals surface area contributed by atoms with Gasteiger partial charge in [0.15, 0.2) is 6.61 Å². The molecule has 7 heteroatoms. The number of hydrogen-bond donors (Lipinski definition) is 1. The first kappa shape index (κ1) is 18.2. The van der Waals surface area contributed by atoms with Gasteiger partial charge in [-0.25, -0.2) is 9.59 Å². The summed E-state index contributed by atoms with van der Waals surface area (Å²) >= 11 is 0. The molecule has 0 aliphatic heterocycles. The molecule has 3 rings (SSSR count). The van der Waals surface area contributed by atoms with E-state index in [9.17, 15) is 14.4 Å². The van der Waals surface area contributed by atoms with E-state index in [0.29, 0.717) is 22.4 Å². The minimum atomic E-state index is -0.708. The summed E-state index contributed by atoms with van der Waals surface area (Å²) < 4.78 is 15.1. The van der Waals surface area contributed by atoms with Crippen molar-refractivity contribution in [1.82, 2.24) is 0 Å². The lowest BCUT2D eigenvalue weighted by atomic mass is 10.1. The molecule has 1 amide bonds. The topological polar surface area (TPSA) is 94.8 Å². The molecule has 0 spiro atoms. The van der Waals surface area contributed by atoms with Crippen LogP contribution in [0.2, 0.25) is 0 Å². The van der Waals surface area contributed by atoms with Crippen LogP contribution in [-0.2, 0) is 14.3 Å². The first-order chi connectivity index (χ1) is 13.0. The van der Waals surface area contributed by atoms with Gasteiger partial charge in [-0.2, -0.15) is 0 Å². The van der Waals surface area contributed by atoms with E-state index in [2.05, 4.69) is 10.1 Å². The van der Waals surface area contributed by atoms with Crippen LogP contribution in [0.5, 0.6) is 0 Å². The molecule has 1 N–H and O–H groups in total. The Bertz CT molecular complexity index is 1000. The molecule has 138 valence electrons. The Balaban J connectivity index is 1.59. The molecule has 1 aromatic heterocycles. The highest BCUT2D eigenvalue weighted by Crippen LogP contribution is 2.25. The van der Waals surface area contributed by atoms with E-state index in [0.717, 1.165) is 5.39 Å². The molecule has 7 nitrogen and oxygen atoms in total. The van der Waals surface area contributed by atoms with E-state index in [-0.39, 0.29) is 5.76 Å². The van der Waals surface area contributed by atoms with Crippen molar-refractivity contribution in [1.29, 1.82) is 0 Å². The molecule has 0 saturated carbocycles. The number of aryl methyl sites for hydroxylation is 1. The highest BCUT2D eigenvalue weighted by molar-refractivity contribution is 5.98. The van der Waals surface area contributed by atoms with Crippen LogP contribution >= 0.6 is 0 Å². The molecule has 27 heavy (non-hydrogen) atoms. The molecule has 0 atom stereocenters. The third kappa shape index (κ3) is 3.98. The maximum atomic E-state index is 12.2. The van der Waals surface area contributed by atoms with Crippen molar-refractivity contribution in [3.05, 3.63) is 65.4 Å².